The third kappa shape index (κ3) is 6.76. The Hall–Kier alpha value is -0.660. The lowest BCUT2D eigenvalue weighted by Crippen LogP contribution is -2.27. The van der Waals surface area contributed by atoms with Crippen molar-refractivity contribution in [2.75, 3.05) is 34.0 Å². The van der Waals surface area contributed by atoms with Crippen molar-refractivity contribution in [2.24, 2.45) is 0 Å². The van der Waals surface area contributed by atoms with Crippen LogP contribution in [0.2, 0.25) is 0 Å². The van der Waals surface area contributed by atoms with E-state index < -0.39 is 6.10 Å². The van der Waals surface area contributed by atoms with E-state index in [1.165, 1.54) is 0 Å². The van der Waals surface area contributed by atoms with Gasteiger partial charge in [-0.1, -0.05) is 12.1 Å². The van der Waals surface area contributed by atoms with Gasteiger partial charge in [0.1, 0.15) is 18.5 Å². The molecule has 0 aliphatic carbocycles. The topological polar surface area (TPSA) is 60.0 Å². The third-order valence-corrected chi connectivity index (χ3v) is 3.43. The highest BCUT2D eigenvalue weighted by molar-refractivity contribution is 9.10. The van der Waals surface area contributed by atoms with Crippen molar-refractivity contribution < 1.29 is 19.3 Å². The number of ether oxygens (including phenoxy) is 3. The predicted octanol–water partition coefficient (Wildman–Crippen LogP) is 1.96. The van der Waals surface area contributed by atoms with Gasteiger partial charge in [0.25, 0.3) is 0 Å². The van der Waals surface area contributed by atoms with E-state index >= 15 is 0 Å². The quantitative estimate of drug-likeness (QED) is 0.667. The summed E-state index contributed by atoms with van der Waals surface area (Å²) >= 11 is 3.47. The van der Waals surface area contributed by atoms with Crippen molar-refractivity contribution in [3.63, 3.8) is 0 Å². The van der Waals surface area contributed by atoms with Gasteiger partial charge in [0.15, 0.2) is 0 Å². The molecule has 0 fully saturated rings. The van der Waals surface area contributed by atoms with Gasteiger partial charge in [0.2, 0.25) is 0 Å². The summed E-state index contributed by atoms with van der Waals surface area (Å²) in [6, 6.07) is 5.85. The smallest absolute Gasteiger partial charge is 0.138 e. The van der Waals surface area contributed by atoms with Gasteiger partial charge in [-0.05, 0) is 36.0 Å². The first-order chi connectivity index (χ1) is 10.1. The molecule has 0 radical (unpaired) electrons. The van der Waals surface area contributed by atoms with Crippen LogP contribution in [-0.2, 0) is 16.0 Å². The summed E-state index contributed by atoms with van der Waals surface area (Å²) in [5.74, 6) is 0.746. The average molecular weight is 362 g/mol. The second-order valence-corrected chi connectivity index (χ2v) is 5.68. The number of nitrogens with one attached hydrogen (secondary N) is 1. The van der Waals surface area contributed by atoms with Gasteiger partial charge in [-0.25, -0.2) is 0 Å². The molecule has 2 N–H and O–H groups in total. The van der Waals surface area contributed by atoms with Crippen LogP contribution >= 0.6 is 15.9 Å². The molecule has 2 atom stereocenters. The summed E-state index contributed by atoms with van der Waals surface area (Å²) in [6.07, 6.45) is -0.730. The average Bonchev–Trinajstić information content (AvgIpc) is 2.45. The summed E-state index contributed by atoms with van der Waals surface area (Å²) < 4.78 is 17.0. The lowest BCUT2D eigenvalue weighted by molar-refractivity contribution is -0.0424. The number of halogens is 1. The van der Waals surface area contributed by atoms with Gasteiger partial charge in [-0.15, -0.1) is 0 Å². The Labute approximate surface area is 134 Å². The SMILES string of the molecule is CNCc1cccc(Br)c1OCC(O)COC(C)COC. The highest BCUT2D eigenvalue weighted by Gasteiger charge is 2.12. The molecular formula is C15H24BrNO4. The fraction of sp³-hybridized carbons (Fsp3) is 0.600. The monoisotopic (exact) mass is 361 g/mol. The molecule has 5 nitrogen and oxygen atoms in total. The third-order valence-electron chi connectivity index (χ3n) is 2.81. The molecule has 0 aliphatic heterocycles. The Kier molecular flexibility index (Phi) is 8.87. The van der Waals surface area contributed by atoms with Crippen LogP contribution in [0, 0.1) is 0 Å². The van der Waals surface area contributed by atoms with E-state index in [9.17, 15) is 5.11 Å². The van der Waals surface area contributed by atoms with Crippen LogP contribution in [0.15, 0.2) is 22.7 Å². The second-order valence-electron chi connectivity index (χ2n) is 4.82. The molecule has 1 aromatic rings. The fourth-order valence-corrected chi connectivity index (χ4v) is 2.35. The number of aliphatic hydroxyl groups excluding tert-OH is 1. The molecule has 1 aromatic carbocycles. The lowest BCUT2D eigenvalue weighted by atomic mass is 10.2. The van der Waals surface area contributed by atoms with Gasteiger partial charge in [0.05, 0.1) is 23.8 Å². The second kappa shape index (κ2) is 10.1. The molecule has 0 spiro atoms. The van der Waals surface area contributed by atoms with E-state index in [4.69, 9.17) is 14.2 Å². The van der Waals surface area contributed by atoms with Crippen LogP contribution in [-0.4, -0.2) is 51.3 Å². The zero-order valence-electron chi connectivity index (χ0n) is 12.8. The van der Waals surface area contributed by atoms with Gasteiger partial charge in [0, 0.05) is 19.2 Å². The maximum Gasteiger partial charge on any atom is 0.138 e. The number of benzene rings is 1. The highest BCUT2D eigenvalue weighted by atomic mass is 79.9. The molecule has 2 unspecified atom stereocenters. The van der Waals surface area contributed by atoms with E-state index in [0.29, 0.717) is 13.2 Å². The van der Waals surface area contributed by atoms with Gasteiger partial charge >= 0.3 is 0 Å². The fourth-order valence-electron chi connectivity index (χ4n) is 1.83. The molecule has 0 aromatic heterocycles. The van der Waals surface area contributed by atoms with Gasteiger partial charge in [-0.3, -0.25) is 0 Å². The van der Waals surface area contributed by atoms with Gasteiger partial charge < -0.3 is 24.6 Å². The molecule has 21 heavy (non-hydrogen) atoms. The molecule has 0 amide bonds. The van der Waals surface area contributed by atoms with E-state index in [1.807, 2.05) is 32.2 Å². The summed E-state index contributed by atoms with van der Waals surface area (Å²) in [4.78, 5) is 0. The minimum absolute atomic E-state index is 0.0482. The summed E-state index contributed by atoms with van der Waals surface area (Å²) in [5.41, 5.74) is 1.03. The standard InChI is InChI=1S/C15H24BrNO4/c1-11(8-19-3)20-9-13(18)10-21-15-12(7-17-2)5-4-6-14(15)16/h4-6,11,13,17-18H,7-10H2,1-3H3. The maximum absolute atomic E-state index is 9.92. The number of hydrogen-bond acceptors (Lipinski definition) is 5. The highest BCUT2D eigenvalue weighted by Crippen LogP contribution is 2.29. The Morgan fingerprint density at radius 1 is 1.29 bits per heavy atom. The molecule has 0 saturated heterocycles. The van der Waals surface area contributed by atoms with Crippen molar-refractivity contribution in [2.45, 2.75) is 25.7 Å². The molecule has 1 rings (SSSR count). The van der Waals surface area contributed by atoms with E-state index in [0.717, 1.165) is 15.8 Å². The van der Waals surface area contributed by atoms with Crippen molar-refractivity contribution in [1.82, 2.24) is 5.32 Å². The van der Waals surface area contributed by atoms with Gasteiger partial charge in [-0.2, -0.15) is 0 Å². The van der Waals surface area contributed by atoms with E-state index in [-0.39, 0.29) is 19.3 Å². The van der Waals surface area contributed by atoms with Crippen molar-refractivity contribution >= 4 is 15.9 Å². The van der Waals surface area contributed by atoms with Crippen LogP contribution in [0.4, 0.5) is 0 Å². The minimum atomic E-state index is -0.682. The summed E-state index contributed by atoms with van der Waals surface area (Å²) in [6.45, 7) is 3.50. The lowest BCUT2D eigenvalue weighted by Gasteiger charge is -2.18. The number of methoxy groups -OCH3 is 1. The Morgan fingerprint density at radius 3 is 2.71 bits per heavy atom. The predicted molar refractivity (Wildman–Crippen MR) is 85.7 cm³/mol. The molecular weight excluding hydrogens is 338 g/mol. The van der Waals surface area contributed by atoms with E-state index in [2.05, 4.69) is 21.2 Å². The zero-order valence-corrected chi connectivity index (χ0v) is 14.4. The first-order valence-electron chi connectivity index (χ1n) is 6.91. The maximum atomic E-state index is 9.92. The van der Waals surface area contributed by atoms with Crippen molar-refractivity contribution in [3.05, 3.63) is 28.2 Å². The number of para-hydroxylation sites is 1. The Bertz CT molecular complexity index is 417. The molecule has 0 heterocycles. The van der Waals surface area contributed by atoms with Crippen LogP contribution in [0.25, 0.3) is 0 Å². The number of rotatable bonds is 10. The van der Waals surface area contributed by atoms with Crippen molar-refractivity contribution in [1.29, 1.82) is 0 Å². The van der Waals surface area contributed by atoms with Crippen LogP contribution in [0.1, 0.15) is 12.5 Å². The van der Waals surface area contributed by atoms with Crippen LogP contribution in [0.5, 0.6) is 5.75 Å². The minimum Gasteiger partial charge on any atom is -0.489 e. The Balaban J connectivity index is 2.47. The van der Waals surface area contributed by atoms with Crippen LogP contribution in [0.3, 0.4) is 0 Å². The first-order valence-corrected chi connectivity index (χ1v) is 7.71. The van der Waals surface area contributed by atoms with E-state index in [1.54, 1.807) is 7.11 Å². The summed E-state index contributed by atoms with van der Waals surface area (Å²) in [7, 11) is 3.50. The molecule has 0 saturated carbocycles. The Morgan fingerprint density at radius 2 is 2.05 bits per heavy atom. The number of aliphatic hydroxyl groups is 1. The van der Waals surface area contributed by atoms with Crippen molar-refractivity contribution in [3.8, 4) is 5.75 Å². The summed E-state index contributed by atoms with van der Waals surface area (Å²) in [5, 5.41) is 13.0. The zero-order chi connectivity index (χ0) is 15.7. The first kappa shape index (κ1) is 18.4. The number of hydrogen-bond donors (Lipinski definition) is 2. The van der Waals surface area contributed by atoms with Crippen LogP contribution < -0.4 is 10.1 Å². The molecule has 0 aliphatic rings. The molecule has 120 valence electrons. The molecule has 6 heteroatoms. The normalized spacial score (nSPS) is 14.0. The largest absolute Gasteiger partial charge is 0.489 e. The molecule has 0 bridgehead atoms.